The number of piperazine rings is 1. The third-order valence-electron chi connectivity index (χ3n) is 4.62. The van der Waals surface area contributed by atoms with E-state index in [9.17, 15) is 9.59 Å². The number of likely N-dealkylation sites (tertiary alicyclic amines) is 1. The first kappa shape index (κ1) is 20.6. The van der Waals surface area contributed by atoms with Crippen LogP contribution >= 0.6 is 11.6 Å². The molecule has 0 unspecified atom stereocenters. The van der Waals surface area contributed by atoms with Gasteiger partial charge in [0.15, 0.2) is 5.69 Å². The van der Waals surface area contributed by atoms with Crippen molar-refractivity contribution < 1.29 is 19.1 Å². The van der Waals surface area contributed by atoms with Gasteiger partial charge in [-0.1, -0.05) is 11.6 Å². The van der Waals surface area contributed by atoms with Crippen molar-refractivity contribution in [2.75, 3.05) is 51.3 Å². The van der Waals surface area contributed by atoms with Gasteiger partial charge >= 0.3 is 6.09 Å². The number of ether oxygens (including phenoxy) is 2. The van der Waals surface area contributed by atoms with Crippen molar-refractivity contribution in [1.82, 2.24) is 19.8 Å². The second kappa shape index (κ2) is 8.08. The van der Waals surface area contributed by atoms with Crippen molar-refractivity contribution in [3.63, 3.8) is 0 Å². The smallest absolute Gasteiger partial charge is 0.410 e. The minimum Gasteiger partial charge on any atom is -0.444 e. The van der Waals surface area contributed by atoms with Crippen LogP contribution in [0.5, 0.6) is 0 Å². The lowest BCUT2D eigenvalue weighted by atomic mass is 10.1. The van der Waals surface area contributed by atoms with Crippen LogP contribution < -0.4 is 4.90 Å². The molecule has 3 rings (SSSR count). The van der Waals surface area contributed by atoms with Crippen molar-refractivity contribution in [1.29, 1.82) is 0 Å². The fourth-order valence-electron chi connectivity index (χ4n) is 2.98. The molecule has 2 saturated heterocycles. The van der Waals surface area contributed by atoms with Crippen LogP contribution in [0.2, 0.25) is 5.02 Å². The Labute approximate surface area is 169 Å². The van der Waals surface area contributed by atoms with Gasteiger partial charge in [-0.3, -0.25) is 4.79 Å². The maximum Gasteiger partial charge on any atom is 0.410 e. The third kappa shape index (κ3) is 4.64. The van der Waals surface area contributed by atoms with Crippen molar-refractivity contribution in [3.8, 4) is 0 Å². The molecule has 0 N–H and O–H groups in total. The Hall–Kier alpha value is -2.13. The molecule has 3 heterocycles. The number of nitrogens with zero attached hydrogens (tertiary/aromatic N) is 5. The lowest BCUT2D eigenvalue weighted by molar-refractivity contribution is -0.0194. The first-order valence-electron chi connectivity index (χ1n) is 9.25. The van der Waals surface area contributed by atoms with Gasteiger partial charge in [-0.25, -0.2) is 14.8 Å². The number of hydrogen-bond acceptors (Lipinski definition) is 7. The molecule has 1 aromatic rings. The Balaban J connectivity index is 1.62. The van der Waals surface area contributed by atoms with E-state index in [0.29, 0.717) is 45.2 Å². The summed E-state index contributed by atoms with van der Waals surface area (Å²) in [6.07, 6.45) is 1.18. The minimum atomic E-state index is -0.526. The summed E-state index contributed by atoms with van der Waals surface area (Å²) in [6.45, 7) is 8.65. The molecule has 2 amide bonds. The second-order valence-electron chi connectivity index (χ2n) is 7.89. The van der Waals surface area contributed by atoms with E-state index >= 15 is 0 Å². The number of hydrogen-bond donors (Lipinski definition) is 0. The monoisotopic (exact) mass is 411 g/mol. The van der Waals surface area contributed by atoms with Crippen LogP contribution in [0.15, 0.2) is 6.20 Å². The average Bonchev–Trinajstić information content (AvgIpc) is 2.60. The van der Waals surface area contributed by atoms with Gasteiger partial charge in [0, 0.05) is 46.4 Å². The molecule has 0 atom stereocenters. The molecule has 0 bridgehead atoms. The highest BCUT2D eigenvalue weighted by Gasteiger charge is 2.33. The van der Waals surface area contributed by atoms with E-state index in [1.807, 2.05) is 25.7 Å². The zero-order valence-corrected chi connectivity index (χ0v) is 17.4. The highest BCUT2D eigenvalue weighted by atomic mass is 35.5. The zero-order chi connectivity index (χ0) is 20.5. The van der Waals surface area contributed by atoms with Gasteiger partial charge in [-0.2, -0.15) is 0 Å². The van der Waals surface area contributed by atoms with Crippen molar-refractivity contribution in [2.24, 2.45) is 0 Å². The molecule has 0 aliphatic carbocycles. The van der Waals surface area contributed by atoms with E-state index in [1.165, 1.54) is 6.20 Å². The van der Waals surface area contributed by atoms with Crippen LogP contribution in [0, 0.1) is 0 Å². The summed E-state index contributed by atoms with van der Waals surface area (Å²) in [5, 5.41) is 0.224. The number of carbonyl (C=O) groups is 2. The van der Waals surface area contributed by atoms with Gasteiger partial charge in [0.2, 0.25) is 5.95 Å². The van der Waals surface area contributed by atoms with E-state index in [2.05, 4.69) is 9.97 Å². The van der Waals surface area contributed by atoms with Crippen LogP contribution in [0.25, 0.3) is 0 Å². The molecule has 2 fully saturated rings. The zero-order valence-electron chi connectivity index (χ0n) is 16.6. The largest absolute Gasteiger partial charge is 0.444 e. The number of rotatable bonds is 3. The third-order valence-corrected chi connectivity index (χ3v) is 4.89. The molecule has 0 radical (unpaired) electrons. The topological polar surface area (TPSA) is 88.1 Å². The Kier molecular flexibility index (Phi) is 5.95. The number of aromatic nitrogens is 2. The fraction of sp³-hybridized carbons (Fsp3) is 0.667. The van der Waals surface area contributed by atoms with Crippen molar-refractivity contribution in [2.45, 2.75) is 32.5 Å². The molecule has 0 spiro atoms. The molecule has 154 valence electrons. The van der Waals surface area contributed by atoms with E-state index in [4.69, 9.17) is 21.1 Å². The Morgan fingerprint density at radius 3 is 2.36 bits per heavy atom. The van der Waals surface area contributed by atoms with E-state index in [0.717, 1.165) is 0 Å². The van der Waals surface area contributed by atoms with Gasteiger partial charge < -0.3 is 24.2 Å². The maximum atomic E-state index is 12.6. The van der Waals surface area contributed by atoms with Gasteiger partial charge in [-0.05, 0) is 20.8 Å². The lowest BCUT2D eigenvalue weighted by Gasteiger charge is -2.38. The quantitative estimate of drug-likeness (QED) is 0.747. The molecule has 0 saturated carbocycles. The molecule has 10 heteroatoms. The van der Waals surface area contributed by atoms with Gasteiger partial charge in [0.1, 0.15) is 5.60 Å². The van der Waals surface area contributed by atoms with Crippen LogP contribution in [-0.4, -0.2) is 89.9 Å². The minimum absolute atomic E-state index is 0.0602. The van der Waals surface area contributed by atoms with E-state index in [-0.39, 0.29) is 28.8 Å². The Morgan fingerprint density at radius 2 is 1.79 bits per heavy atom. The molecular weight excluding hydrogens is 386 g/mol. The standard InChI is InChI=1S/C18H26ClN5O4/c1-18(2,3)28-17(26)23-7-5-22(6-8-23)16-20-9-13(19)14(21-16)15(25)24-10-12(11-24)27-4/h9,12H,5-8,10-11H2,1-4H3. The SMILES string of the molecule is COC1CN(C(=O)c2nc(N3CCN(C(=O)OC(C)(C)C)CC3)ncc2Cl)C1. The summed E-state index contributed by atoms with van der Waals surface area (Å²) >= 11 is 6.16. The molecule has 0 aromatic carbocycles. The summed E-state index contributed by atoms with van der Waals surface area (Å²) in [6, 6.07) is 0. The van der Waals surface area contributed by atoms with Crippen LogP contribution in [0.3, 0.4) is 0 Å². The molecule has 1 aromatic heterocycles. The average molecular weight is 412 g/mol. The predicted molar refractivity (Wildman–Crippen MR) is 104 cm³/mol. The van der Waals surface area contributed by atoms with Gasteiger partial charge in [0.25, 0.3) is 5.91 Å². The first-order valence-corrected chi connectivity index (χ1v) is 9.63. The van der Waals surface area contributed by atoms with Crippen molar-refractivity contribution in [3.05, 3.63) is 16.9 Å². The normalized spacial score (nSPS) is 18.1. The first-order chi connectivity index (χ1) is 13.2. The summed E-state index contributed by atoms with van der Waals surface area (Å²) in [7, 11) is 1.62. The summed E-state index contributed by atoms with van der Waals surface area (Å²) < 4.78 is 10.6. The lowest BCUT2D eigenvalue weighted by Crippen LogP contribution is -2.54. The summed E-state index contributed by atoms with van der Waals surface area (Å²) in [5.74, 6) is 0.203. The number of amides is 2. The van der Waals surface area contributed by atoms with Gasteiger partial charge in [0.05, 0.1) is 17.3 Å². The van der Waals surface area contributed by atoms with Crippen molar-refractivity contribution >= 4 is 29.5 Å². The Bertz CT molecular complexity index is 740. The highest BCUT2D eigenvalue weighted by molar-refractivity contribution is 6.33. The van der Waals surface area contributed by atoms with Gasteiger partial charge in [-0.15, -0.1) is 0 Å². The number of methoxy groups -OCH3 is 1. The second-order valence-corrected chi connectivity index (χ2v) is 8.30. The van der Waals surface area contributed by atoms with E-state index in [1.54, 1.807) is 16.9 Å². The molecule has 28 heavy (non-hydrogen) atoms. The molecular formula is C18H26ClN5O4. The number of anilines is 1. The number of halogens is 1. The highest BCUT2D eigenvalue weighted by Crippen LogP contribution is 2.22. The fourth-order valence-corrected chi connectivity index (χ4v) is 3.15. The van der Waals surface area contributed by atoms with Crippen LogP contribution in [0.4, 0.5) is 10.7 Å². The summed E-state index contributed by atoms with van der Waals surface area (Å²) in [4.78, 5) is 38.7. The Morgan fingerprint density at radius 1 is 1.14 bits per heavy atom. The van der Waals surface area contributed by atoms with Crippen LogP contribution in [0.1, 0.15) is 31.3 Å². The molecule has 9 nitrogen and oxygen atoms in total. The maximum absolute atomic E-state index is 12.6. The van der Waals surface area contributed by atoms with Crippen LogP contribution in [-0.2, 0) is 9.47 Å². The summed E-state index contributed by atoms with van der Waals surface area (Å²) in [5.41, 5.74) is -0.336. The molecule has 2 aliphatic heterocycles. The predicted octanol–water partition coefficient (Wildman–Crippen LogP) is 1.66. The number of carbonyl (C=O) groups excluding carboxylic acids is 2. The van der Waals surface area contributed by atoms with E-state index < -0.39 is 5.60 Å². The molecule has 2 aliphatic rings.